The van der Waals surface area contributed by atoms with Gasteiger partial charge in [-0.15, -0.1) is 0 Å². The van der Waals surface area contributed by atoms with Gasteiger partial charge in [0.15, 0.2) is 0 Å². The highest BCUT2D eigenvalue weighted by atomic mass is 79.9. The molecular weight excluding hydrogens is 404 g/mol. The molecule has 0 aliphatic carbocycles. The predicted octanol–water partition coefficient (Wildman–Crippen LogP) is 4.68. The summed E-state index contributed by atoms with van der Waals surface area (Å²) < 4.78 is 1.08. The second kappa shape index (κ2) is 6.36. The van der Waals surface area contributed by atoms with Crippen molar-refractivity contribution in [1.29, 1.82) is 0 Å². The van der Waals surface area contributed by atoms with Crippen molar-refractivity contribution in [3.05, 3.63) is 66.6 Å². The van der Waals surface area contributed by atoms with Crippen molar-refractivity contribution >= 4 is 49.1 Å². The number of nitro groups is 1. The molecule has 2 rings (SSSR count). The molecule has 5 nitrogen and oxygen atoms in total. The van der Waals surface area contributed by atoms with Crippen LogP contribution in [0.5, 0.6) is 0 Å². The van der Waals surface area contributed by atoms with Gasteiger partial charge in [0.25, 0.3) is 11.6 Å². The van der Waals surface area contributed by atoms with E-state index >= 15 is 0 Å². The van der Waals surface area contributed by atoms with Gasteiger partial charge in [0.05, 0.1) is 15.1 Å². The zero-order valence-electron chi connectivity index (χ0n) is 10.9. The average Bonchev–Trinajstić information content (AvgIpc) is 2.43. The van der Waals surface area contributed by atoms with E-state index in [0.717, 1.165) is 10.0 Å². The Morgan fingerprint density at radius 3 is 2.48 bits per heavy atom. The van der Waals surface area contributed by atoms with Crippen molar-refractivity contribution in [2.24, 2.45) is 0 Å². The molecule has 0 saturated heterocycles. The Kier molecular flexibility index (Phi) is 4.74. The number of rotatable bonds is 3. The molecule has 0 aliphatic rings. The lowest BCUT2D eigenvalue weighted by Crippen LogP contribution is -2.12. The summed E-state index contributed by atoms with van der Waals surface area (Å²) in [6.07, 6.45) is 0. The first-order chi connectivity index (χ1) is 9.88. The normalized spacial score (nSPS) is 10.2. The average molecular weight is 414 g/mol. The minimum absolute atomic E-state index is 0.147. The van der Waals surface area contributed by atoms with Crippen LogP contribution in [0.2, 0.25) is 0 Å². The summed E-state index contributed by atoms with van der Waals surface area (Å²) in [4.78, 5) is 22.5. The first-order valence-corrected chi connectivity index (χ1v) is 7.48. The standard InChI is InChI=1S/C14H10Br2N2O3/c1-8-2-4-10(15)12(6-8)17-14(19)9-3-5-11(16)13(7-9)18(20)21/h2-7H,1H3,(H,17,19). The molecule has 0 heterocycles. The number of amides is 1. The summed E-state index contributed by atoms with van der Waals surface area (Å²) >= 11 is 6.44. The number of hydrogen-bond acceptors (Lipinski definition) is 3. The maximum absolute atomic E-state index is 12.2. The Labute approximate surface area is 137 Å². The van der Waals surface area contributed by atoms with Crippen LogP contribution in [0.4, 0.5) is 11.4 Å². The second-order valence-corrected chi connectivity index (χ2v) is 6.07. The van der Waals surface area contributed by atoms with Gasteiger partial charge in [-0.1, -0.05) is 6.07 Å². The molecule has 0 atom stereocenters. The van der Waals surface area contributed by atoms with Gasteiger partial charge in [0, 0.05) is 16.1 Å². The zero-order valence-corrected chi connectivity index (χ0v) is 14.1. The smallest absolute Gasteiger partial charge is 0.284 e. The number of nitrogens with zero attached hydrogens (tertiary/aromatic N) is 1. The fraction of sp³-hybridized carbons (Fsp3) is 0.0714. The molecule has 0 aliphatic heterocycles. The maximum Gasteiger partial charge on any atom is 0.284 e. The molecule has 0 aromatic heterocycles. The lowest BCUT2D eigenvalue weighted by Gasteiger charge is -2.08. The van der Waals surface area contributed by atoms with Crippen molar-refractivity contribution in [2.75, 3.05) is 5.32 Å². The SMILES string of the molecule is Cc1ccc(Br)c(NC(=O)c2ccc(Br)c([N+](=O)[O-])c2)c1. The summed E-state index contributed by atoms with van der Waals surface area (Å²) in [5.74, 6) is -0.406. The first kappa shape index (κ1) is 15.7. The molecule has 0 unspecified atom stereocenters. The zero-order chi connectivity index (χ0) is 15.6. The van der Waals surface area contributed by atoms with E-state index in [1.54, 1.807) is 0 Å². The quantitative estimate of drug-likeness (QED) is 0.586. The lowest BCUT2D eigenvalue weighted by molar-refractivity contribution is -0.385. The van der Waals surface area contributed by atoms with E-state index in [0.29, 0.717) is 10.2 Å². The molecule has 21 heavy (non-hydrogen) atoms. The third-order valence-corrected chi connectivity index (χ3v) is 4.14. The molecule has 0 fully saturated rings. The largest absolute Gasteiger partial charge is 0.321 e. The molecule has 108 valence electrons. The van der Waals surface area contributed by atoms with Gasteiger partial charge in [-0.25, -0.2) is 0 Å². The van der Waals surface area contributed by atoms with Crippen LogP contribution < -0.4 is 5.32 Å². The van der Waals surface area contributed by atoms with Gasteiger partial charge in [0.2, 0.25) is 0 Å². The molecule has 0 spiro atoms. The molecule has 0 bridgehead atoms. The number of nitrogens with one attached hydrogen (secondary N) is 1. The second-order valence-electron chi connectivity index (χ2n) is 4.36. The Morgan fingerprint density at radius 1 is 1.14 bits per heavy atom. The van der Waals surface area contributed by atoms with Crippen LogP contribution in [-0.2, 0) is 0 Å². The monoisotopic (exact) mass is 412 g/mol. The number of aryl methyl sites for hydroxylation is 1. The highest BCUT2D eigenvalue weighted by Gasteiger charge is 2.16. The van der Waals surface area contributed by atoms with Crippen molar-refractivity contribution < 1.29 is 9.72 Å². The van der Waals surface area contributed by atoms with Crippen LogP contribution in [-0.4, -0.2) is 10.8 Å². The number of anilines is 1. The van der Waals surface area contributed by atoms with Crippen molar-refractivity contribution in [3.63, 3.8) is 0 Å². The minimum Gasteiger partial charge on any atom is -0.321 e. The Morgan fingerprint density at radius 2 is 1.81 bits per heavy atom. The fourth-order valence-corrected chi connectivity index (χ4v) is 2.46. The highest BCUT2D eigenvalue weighted by Crippen LogP contribution is 2.27. The molecule has 2 aromatic rings. The Hall–Kier alpha value is -1.73. The Bertz CT molecular complexity index is 732. The predicted molar refractivity (Wildman–Crippen MR) is 87.6 cm³/mol. The van der Waals surface area contributed by atoms with Crippen LogP contribution in [0.25, 0.3) is 0 Å². The van der Waals surface area contributed by atoms with E-state index in [9.17, 15) is 14.9 Å². The molecule has 0 radical (unpaired) electrons. The van der Waals surface area contributed by atoms with Crippen molar-refractivity contribution in [3.8, 4) is 0 Å². The molecule has 1 amide bonds. The van der Waals surface area contributed by atoms with E-state index in [1.165, 1.54) is 18.2 Å². The van der Waals surface area contributed by atoms with E-state index in [4.69, 9.17) is 0 Å². The van der Waals surface area contributed by atoms with Crippen molar-refractivity contribution in [1.82, 2.24) is 0 Å². The van der Waals surface area contributed by atoms with Gasteiger partial charge >= 0.3 is 0 Å². The third-order valence-electron chi connectivity index (χ3n) is 2.78. The highest BCUT2D eigenvalue weighted by molar-refractivity contribution is 9.11. The third kappa shape index (κ3) is 3.68. The molecule has 0 saturated carbocycles. The van der Waals surface area contributed by atoms with Crippen LogP contribution in [0.1, 0.15) is 15.9 Å². The van der Waals surface area contributed by atoms with Crippen molar-refractivity contribution in [2.45, 2.75) is 6.92 Å². The molecule has 7 heteroatoms. The van der Waals surface area contributed by atoms with E-state index in [-0.39, 0.29) is 11.3 Å². The van der Waals surface area contributed by atoms with Gasteiger partial charge in [-0.3, -0.25) is 14.9 Å². The number of nitro benzene ring substituents is 1. The number of carbonyl (C=O) groups excluding carboxylic acids is 1. The molecular formula is C14H10Br2N2O3. The van der Waals surface area contributed by atoms with E-state index in [1.807, 2.05) is 25.1 Å². The summed E-state index contributed by atoms with van der Waals surface area (Å²) in [6.45, 7) is 1.91. The molecule has 1 N–H and O–H groups in total. The first-order valence-electron chi connectivity index (χ1n) is 5.90. The Balaban J connectivity index is 2.30. The summed E-state index contributed by atoms with van der Waals surface area (Å²) in [7, 11) is 0. The maximum atomic E-state index is 12.2. The summed E-state index contributed by atoms with van der Waals surface area (Å²) in [6, 6.07) is 9.80. The van der Waals surface area contributed by atoms with Crippen LogP contribution in [0.15, 0.2) is 45.3 Å². The van der Waals surface area contributed by atoms with Gasteiger partial charge in [0.1, 0.15) is 0 Å². The van der Waals surface area contributed by atoms with E-state index in [2.05, 4.69) is 37.2 Å². The minimum atomic E-state index is -0.538. The summed E-state index contributed by atoms with van der Waals surface area (Å²) in [5.41, 5.74) is 1.69. The lowest BCUT2D eigenvalue weighted by atomic mass is 10.1. The van der Waals surface area contributed by atoms with Gasteiger partial charge < -0.3 is 5.32 Å². The van der Waals surface area contributed by atoms with Gasteiger partial charge in [-0.2, -0.15) is 0 Å². The number of hydrogen-bond donors (Lipinski definition) is 1. The number of halogens is 2. The molecule has 2 aromatic carbocycles. The van der Waals surface area contributed by atoms with Crippen LogP contribution in [0.3, 0.4) is 0 Å². The van der Waals surface area contributed by atoms with Crippen LogP contribution in [0, 0.1) is 17.0 Å². The fourth-order valence-electron chi connectivity index (χ4n) is 1.72. The van der Waals surface area contributed by atoms with E-state index < -0.39 is 10.8 Å². The topological polar surface area (TPSA) is 72.2 Å². The number of carbonyl (C=O) groups is 1. The van der Waals surface area contributed by atoms with Gasteiger partial charge in [-0.05, 0) is 68.6 Å². The number of benzene rings is 2. The summed E-state index contributed by atoms with van der Waals surface area (Å²) in [5, 5.41) is 13.6. The van der Waals surface area contributed by atoms with Crippen LogP contribution >= 0.6 is 31.9 Å².